The van der Waals surface area contributed by atoms with Crippen LogP contribution in [0.5, 0.6) is 0 Å². The molecule has 45 heteroatoms. The van der Waals surface area contributed by atoms with Crippen LogP contribution in [-0.2, 0) is 95.0 Å². The van der Waals surface area contributed by atoms with Gasteiger partial charge in [0.25, 0.3) is 0 Å². The minimum Gasteiger partial charge on any atom is -0.480 e. The molecule has 7 aliphatic heterocycles. The molecule has 2 aromatic carbocycles. The fourth-order valence-corrected chi connectivity index (χ4v) is 14.8. The molecular weight excluding hydrogens is 1530 g/mol. The van der Waals surface area contributed by atoms with Crippen LogP contribution >= 0.6 is 0 Å². The third-order valence-electron chi connectivity index (χ3n) is 20.5. The molecule has 10 rings (SSSR count). The number of amides is 5. The number of carboxylic acids is 1. The van der Waals surface area contributed by atoms with E-state index in [-0.39, 0.29) is 6.61 Å². The van der Waals surface area contributed by atoms with Gasteiger partial charge in [0.05, 0.1) is 52.9 Å². The molecule has 0 radical (unpaired) electrons. The smallest absolute Gasteiger partial charge is 0.407 e. The first-order valence-corrected chi connectivity index (χ1v) is 36.1. The van der Waals surface area contributed by atoms with E-state index < -0.39 is 315 Å². The second-order valence-electron chi connectivity index (χ2n) is 28.2. The fraction of sp³-hybridized carbons (Fsp3) is 0.735. The summed E-state index contributed by atoms with van der Waals surface area (Å²) in [4.78, 5) is 77.3. The number of hydrogen-bond acceptors (Lipinski definition) is 39. The second-order valence-corrected chi connectivity index (χ2v) is 28.2. The molecule has 0 saturated carbocycles. The number of aliphatic carboxylic acids is 1. The second kappa shape index (κ2) is 39.4. The van der Waals surface area contributed by atoms with Crippen molar-refractivity contribution < 1.29 is 197 Å². The van der Waals surface area contributed by atoms with Gasteiger partial charge in [-0.25, -0.2) is 9.59 Å². The third kappa shape index (κ3) is 20.0. The molecule has 36 atom stereocenters. The quantitative estimate of drug-likeness (QED) is 0.0345. The Morgan fingerprint density at radius 2 is 0.681 bits per heavy atom. The lowest BCUT2D eigenvalue weighted by Gasteiger charge is -2.50. The number of fused-ring (bicyclic) bond motifs is 3. The van der Waals surface area contributed by atoms with Gasteiger partial charge in [-0.05, 0) is 22.3 Å². The highest BCUT2D eigenvalue weighted by atomic mass is 16.8. The van der Waals surface area contributed by atoms with Gasteiger partial charge in [-0.2, -0.15) is 0 Å². The fourth-order valence-electron chi connectivity index (χ4n) is 14.8. The molecular formula is C68H99N5O40. The summed E-state index contributed by atoms with van der Waals surface area (Å²) in [5.41, 5.74) is 3.49. The average molecular weight is 1630 g/mol. The molecule has 5 amide bonds. The van der Waals surface area contributed by atoms with Gasteiger partial charge >= 0.3 is 12.1 Å². The van der Waals surface area contributed by atoms with Crippen LogP contribution in [0.2, 0.25) is 0 Å². The summed E-state index contributed by atoms with van der Waals surface area (Å²) in [6, 6.07) is 5.69. The number of ether oxygens (including phenoxy) is 15. The molecule has 113 heavy (non-hydrogen) atoms. The highest BCUT2D eigenvalue weighted by Gasteiger charge is 2.59. The van der Waals surface area contributed by atoms with E-state index in [0.717, 1.165) is 49.9 Å². The highest BCUT2D eigenvalue weighted by Crippen LogP contribution is 2.45. The van der Waals surface area contributed by atoms with Crippen molar-refractivity contribution >= 4 is 35.7 Å². The third-order valence-corrected chi connectivity index (χ3v) is 20.5. The van der Waals surface area contributed by atoms with E-state index in [1.165, 1.54) is 0 Å². The maximum Gasteiger partial charge on any atom is 0.407 e. The predicted molar refractivity (Wildman–Crippen MR) is 362 cm³/mol. The van der Waals surface area contributed by atoms with E-state index in [9.17, 15) is 126 Å². The summed E-state index contributed by atoms with van der Waals surface area (Å²) in [5.74, 6) is -5.59. The van der Waals surface area contributed by atoms with Crippen molar-refractivity contribution in [2.75, 3.05) is 59.5 Å². The topological polar surface area (TPSA) is 685 Å². The van der Waals surface area contributed by atoms with Gasteiger partial charge in [-0.15, -0.1) is 0 Å². The molecule has 636 valence electrons. The lowest BCUT2D eigenvalue weighted by Crippen LogP contribution is -2.70. The van der Waals surface area contributed by atoms with E-state index in [2.05, 4.69) is 26.6 Å². The largest absolute Gasteiger partial charge is 0.480 e. The summed E-state index contributed by atoms with van der Waals surface area (Å²) >= 11 is 0. The Morgan fingerprint density at radius 3 is 1.10 bits per heavy atom. The molecule has 1 aliphatic carbocycles. The number of carboxylic acid groups (broad SMARTS) is 1. The van der Waals surface area contributed by atoms with Crippen LogP contribution in [0.15, 0.2) is 48.5 Å². The molecule has 45 nitrogen and oxygen atoms in total. The number of carbonyl (C=O) groups is 6. The molecule has 0 aromatic heterocycles. The first kappa shape index (κ1) is 89.1. The summed E-state index contributed by atoms with van der Waals surface area (Å²) < 4.78 is 88.6. The van der Waals surface area contributed by atoms with Gasteiger partial charge in [0.1, 0.15) is 177 Å². The van der Waals surface area contributed by atoms with Crippen molar-refractivity contribution in [3.63, 3.8) is 0 Å². The van der Waals surface area contributed by atoms with Crippen molar-refractivity contribution in [2.24, 2.45) is 0 Å². The molecule has 0 spiro atoms. The maximum absolute atomic E-state index is 13.4. The van der Waals surface area contributed by atoms with Gasteiger partial charge in [-0.1, -0.05) is 48.5 Å². The van der Waals surface area contributed by atoms with Crippen molar-refractivity contribution in [1.29, 1.82) is 0 Å². The normalized spacial score (nSPS) is 40.9. The zero-order chi connectivity index (χ0) is 82.3. The molecule has 8 unspecified atom stereocenters. The zero-order valence-corrected chi connectivity index (χ0v) is 60.9. The Morgan fingerprint density at radius 1 is 0.354 bits per heavy atom. The number of hydrogen-bond donors (Lipinski definition) is 24. The average Bonchev–Trinajstić information content (AvgIpc) is 1.59. The van der Waals surface area contributed by atoms with Gasteiger partial charge in [-0.3, -0.25) is 19.2 Å². The SMILES string of the molecule is CC(=O)N[C@H]1[C@H](OCC(NC(=O)OCC2c3ccccc3-c3ccccc32)C(=O)O)O[C@H](COC2O[C@H](CO)[C@@H](OC3O[C@H](CO)[C@H](O)[C@H](OC4O[C@H](CO)[C@@H](OC5O[C@H](CO)[C@H](O)[C@H](OC6O[C@H](CO)[C@@H](O)[C@H](O)[C@H]6NC(C)=O)[C@H]5O)[C@H](O)[C@H]4NC(C)=O)[C@H]3O)[C@H](O)[C@H]2NC(C)=O)C(O[C@@H]2O[C@H](CO)[C@H](O)C(O)[C@H]2O)[C@@H]1O. The Hall–Kier alpha value is -6.22. The lowest BCUT2D eigenvalue weighted by molar-refractivity contribution is -0.383. The monoisotopic (exact) mass is 1630 g/mol. The number of benzene rings is 2. The zero-order valence-electron chi connectivity index (χ0n) is 60.9. The van der Waals surface area contributed by atoms with Crippen molar-refractivity contribution in [1.82, 2.24) is 26.6 Å². The molecule has 2 aromatic rings. The van der Waals surface area contributed by atoms with Gasteiger partial charge in [0, 0.05) is 33.6 Å². The Balaban J connectivity index is 0.850. The number of aliphatic hydroxyl groups is 18. The number of aliphatic hydroxyl groups excluding tert-OH is 18. The molecule has 7 saturated heterocycles. The van der Waals surface area contributed by atoms with Crippen LogP contribution < -0.4 is 26.6 Å². The van der Waals surface area contributed by atoms with Gasteiger partial charge in [0.15, 0.2) is 50.1 Å². The van der Waals surface area contributed by atoms with Crippen LogP contribution in [0, 0.1) is 0 Å². The van der Waals surface area contributed by atoms with Crippen molar-refractivity contribution in [3.8, 4) is 11.1 Å². The number of nitrogens with one attached hydrogen (secondary N) is 5. The Bertz CT molecular complexity index is 3440. The van der Waals surface area contributed by atoms with Gasteiger partial charge < -0.3 is 195 Å². The molecule has 0 bridgehead atoms. The highest BCUT2D eigenvalue weighted by molar-refractivity contribution is 5.81. The molecule has 8 aliphatic rings. The molecule has 7 heterocycles. The van der Waals surface area contributed by atoms with Crippen LogP contribution in [-0.4, -0.2) is 413 Å². The van der Waals surface area contributed by atoms with Crippen LogP contribution in [0.3, 0.4) is 0 Å². The summed E-state index contributed by atoms with van der Waals surface area (Å²) in [5, 5.41) is 222. The van der Waals surface area contributed by atoms with E-state index in [4.69, 9.17) is 71.1 Å². The number of carbonyl (C=O) groups excluding carboxylic acids is 5. The summed E-state index contributed by atoms with van der Waals surface area (Å²) in [6.45, 7) is -4.53. The van der Waals surface area contributed by atoms with Crippen LogP contribution in [0.1, 0.15) is 44.7 Å². The van der Waals surface area contributed by atoms with E-state index >= 15 is 0 Å². The number of alkyl carbamates (subject to hydrolysis) is 1. The van der Waals surface area contributed by atoms with Crippen molar-refractivity contribution in [3.05, 3.63) is 59.7 Å². The van der Waals surface area contributed by atoms with E-state index in [1.807, 2.05) is 36.4 Å². The van der Waals surface area contributed by atoms with Crippen LogP contribution in [0.4, 0.5) is 4.79 Å². The summed E-state index contributed by atoms with van der Waals surface area (Å²) in [7, 11) is 0. The maximum atomic E-state index is 13.4. The minimum absolute atomic E-state index is 0.239. The Kier molecular flexibility index (Phi) is 31.0. The predicted octanol–water partition coefficient (Wildman–Crippen LogP) is -12.7. The minimum atomic E-state index is -2.34. The van der Waals surface area contributed by atoms with Crippen LogP contribution in [0.25, 0.3) is 11.1 Å². The summed E-state index contributed by atoms with van der Waals surface area (Å²) in [6.07, 6.45) is -62.7. The lowest BCUT2D eigenvalue weighted by atomic mass is 9.94. The van der Waals surface area contributed by atoms with Gasteiger partial charge in [0.2, 0.25) is 23.6 Å². The molecule has 7 fully saturated rings. The first-order chi connectivity index (χ1) is 53.8. The Labute approximate surface area is 641 Å². The van der Waals surface area contributed by atoms with E-state index in [0.29, 0.717) is 0 Å². The number of rotatable bonds is 30. The van der Waals surface area contributed by atoms with E-state index in [1.54, 1.807) is 12.1 Å². The van der Waals surface area contributed by atoms with Crippen molar-refractivity contribution in [2.45, 2.75) is 254 Å². The standard InChI is InChI=1S/C68H99N5O40/c1-22(80)69-39-47(88)43(84)32(13-74)102-63(39)112-58-45(86)34(15-76)105-67(53(58)94)110-56-37(18-79)107-64(42(50(56)91)72-25(4)83)113-59-46(87)35(16-77)104-66(54(59)95)109-55-36(17-78)106-62(40(48(55)89)70-23(2)81)100-21-38-57(111-65-52(93)51(92)44(85)33(14-75)103-65)49(90)41(71-24(3)82)61(108-38)99-20-31(60(96)97)73-68(98)101-19-30-28-11-7-5-9-26(28)27-10-6-8-12-29(27)30/h5-12,30-59,61-67,74-79,84-95H,13-21H2,1-4H3,(H,69,80)(H,70,81)(H,71,82)(H,72,83)(H,73,98)(H,96,97)/t31?,32-,33-,34-,35-,36-,37-,38-,39-,40-,41-,42-,43-,44+,45+,46+,47-,48-,49-,50-,51?,52-,53-,54-,55-,56-,57?,58+,59+,61-,62?,63?,64?,65+,66?,67?/m1/s1. The first-order valence-electron chi connectivity index (χ1n) is 36.1. The molecule has 24 N–H and O–H groups in total.